The summed E-state index contributed by atoms with van der Waals surface area (Å²) < 4.78 is 0. The molecule has 0 aliphatic heterocycles. The van der Waals surface area contributed by atoms with Crippen LogP contribution in [0.4, 0.5) is 0 Å². The molecule has 0 unspecified atom stereocenters. The maximum atomic E-state index is 8.93. The zero-order chi connectivity index (χ0) is 21.4. The fourth-order valence-electron chi connectivity index (χ4n) is 2.55. The summed E-state index contributed by atoms with van der Waals surface area (Å²) in [6, 6.07) is 0. The third-order valence-electron chi connectivity index (χ3n) is 3.85. The van der Waals surface area contributed by atoms with Gasteiger partial charge < -0.3 is 22.2 Å². The number of unbranched alkanes of at least 4 members (excludes halogenated alkanes) is 15. The van der Waals surface area contributed by atoms with Gasteiger partial charge in [-0.3, -0.25) is 0 Å². The van der Waals surface area contributed by atoms with Gasteiger partial charge in [0.1, 0.15) is 0 Å². The Balaban J connectivity index is -0.000000149. The molecule has 0 bridgehead atoms. The van der Waals surface area contributed by atoms with Gasteiger partial charge in [0.15, 0.2) is 0 Å². The van der Waals surface area contributed by atoms with Crippen LogP contribution in [0.1, 0.15) is 130 Å². The molecule has 0 aliphatic carbocycles. The Morgan fingerprint density at radius 3 is 0.786 bits per heavy atom. The molecule has 0 radical (unpaired) electrons. The van der Waals surface area contributed by atoms with Gasteiger partial charge in [-0.25, -0.2) is 0 Å². The second-order valence-corrected chi connectivity index (χ2v) is 6.67. The van der Waals surface area contributed by atoms with E-state index < -0.39 is 0 Å². The number of hydrogen-bond donors (Lipinski definition) is 0. The maximum Gasteiger partial charge on any atom is 4.00 e. The largest absolute Gasteiger partial charge is 4.00 e. The predicted molar refractivity (Wildman–Crippen MR) is 117 cm³/mol. The van der Waals surface area contributed by atoms with Crippen molar-refractivity contribution in [3.8, 4) is 0 Å². The van der Waals surface area contributed by atoms with Crippen LogP contribution in [0.15, 0.2) is 0 Å². The second kappa shape index (κ2) is 50.8. The minimum atomic E-state index is 0. The Labute approximate surface area is 194 Å². The first-order valence-corrected chi connectivity index (χ1v) is 11.7. The van der Waals surface area contributed by atoms with Gasteiger partial charge in [0.05, 0.1) is 0 Å². The van der Waals surface area contributed by atoms with Crippen molar-refractivity contribution in [3.05, 3.63) is 6.92 Å². The van der Waals surface area contributed by atoms with Gasteiger partial charge in [0, 0.05) is 0 Å². The topological polar surface area (TPSA) is 69.2 Å². The second-order valence-electron chi connectivity index (χ2n) is 6.67. The van der Waals surface area contributed by atoms with Gasteiger partial charge in [-0.15, -0.1) is 19.8 Å². The summed E-state index contributed by atoms with van der Waals surface area (Å²) in [5, 5.41) is 26.8. The van der Waals surface area contributed by atoms with Gasteiger partial charge >= 0.3 is 21.7 Å². The van der Waals surface area contributed by atoms with Crippen molar-refractivity contribution in [2.45, 2.75) is 130 Å². The Hall–Kier alpha value is 0.594. The third-order valence-corrected chi connectivity index (χ3v) is 3.85. The minimum Gasteiger partial charge on any atom is -0.855 e. The molecule has 0 aromatic carbocycles. The first-order chi connectivity index (χ1) is 13.2. The van der Waals surface area contributed by atoms with Crippen molar-refractivity contribution in [1.29, 1.82) is 0 Å². The van der Waals surface area contributed by atoms with Crippen LogP contribution < -0.4 is 15.3 Å². The normalized spacial score (nSPS) is 9.00. The summed E-state index contributed by atoms with van der Waals surface area (Å²) in [5.74, 6) is 0. The molecule has 4 heteroatoms. The van der Waals surface area contributed by atoms with E-state index in [1.807, 2.05) is 0 Å². The average molecular weight is 437 g/mol. The Kier molecular flexibility index (Phi) is 71.0. The number of rotatable bonds is 15. The van der Waals surface area contributed by atoms with Crippen LogP contribution in [-0.2, 0) is 21.7 Å². The monoisotopic (exact) mass is 436 g/mol. The van der Waals surface area contributed by atoms with E-state index in [2.05, 4.69) is 13.8 Å². The van der Waals surface area contributed by atoms with Gasteiger partial charge in [0.2, 0.25) is 0 Å². The molecule has 170 valence electrons. The van der Waals surface area contributed by atoms with Crippen LogP contribution in [0, 0.1) is 6.92 Å². The molecule has 0 aromatic heterocycles. The van der Waals surface area contributed by atoms with E-state index in [1.54, 1.807) is 20.8 Å². The van der Waals surface area contributed by atoms with Gasteiger partial charge in [0.25, 0.3) is 0 Å². The van der Waals surface area contributed by atoms with Crippen LogP contribution in [0.25, 0.3) is 0 Å². The predicted octanol–water partition coefficient (Wildman–Crippen LogP) is 5.18. The molecule has 0 amide bonds. The zero-order valence-corrected chi connectivity index (χ0v) is 21.4. The van der Waals surface area contributed by atoms with Crippen molar-refractivity contribution in [3.63, 3.8) is 0 Å². The fraction of sp³-hybridized carbons (Fsp3) is 0.958. The molecule has 0 rings (SSSR count). The molecule has 0 aromatic rings. The van der Waals surface area contributed by atoms with E-state index in [0.717, 1.165) is 6.42 Å². The molecule has 0 aliphatic rings. The molecule has 0 fully saturated rings. The van der Waals surface area contributed by atoms with E-state index in [9.17, 15) is 0 Å². The quantitative estimate of drug-likeness (QED) is 0.202. The first-order valence-electron chi connectivity index (χ1n) is 11.7. The van der Waals surface area contributed by atoms with E-state index in [1.165, 1.54) is 96.3 Å². The summed E-state index contributed by atoms with van der Waals surface area (Å²) in [4.78, 5) is 0. The van der Waals surface area contributed by atoms with Crippen molar-refractivity contribution in [2.75, 3.05) is 19.8 Å². The molecular weight excluding hydrogens is 384 g/mol. The molecule has 0 atom stereocenters. The molecule has 0 N–H and O–H groups in total. The van der Waals surface area contributed by atoms with E-state index >= 15 is 0 Å². The van der Waals surface area contributed by atoms with Gasteiger partial charge in [-0.2, -0.15) is 6.42 Å². The third kappa shape index (κ3) is 71.6. The Morgan fingerprint density at radius 1 is 0.429 bits per heavy atom. The van der Waals surface area contributed by atoms with Crippen molar-refractivity contribution >= 4 is 0 Å². The summed E-state index contributed by atoms with van der Waals surface area (Å²) in [7, 11) is 0. The standard InChI is InChI=1S/C18H37.3C2H5O.Ti/c1-3-5-7-9-11-13-15-17-18-16-14-12-10-8-6-4-2;3*1-2-3;/h1,3-18H2,2H3;3*2H2,1H3;/q4*-1;+4. The van der Waals surface area contributed by atoms with E-state index in [4.69, 9.17) is 15.3 Å². The van der Waals surface area contributed by atoms with Crippen molar-refractivity contribution in [1.82, 2.24) is 0 Å². The fourth-order valence-corrected chi connectivity index (χ4v) is 2.55. The average Bonchev–Trinajstić information content (AvgIpc) is 2.64. The summed E-state index contributed by atoms with van der Waals surface area (Å²) in [5.41, 5.74) is 0. The molecular formula is C24H52O3Ti. The van der Waals surface area contributed by atoms with Crippen LogP contribution in [-0.4, -0.2) is 19.8 Å². The minimum absolute atomic E-state index is 0. The molecule has 0 heterocycles. The molecule has 0 spiro atoms. The first kappa shape index (κ1) is 39.1. The van der Waals surface area contributed by atoms with Crippen LogP contribution in [0.3, 0.4) is 0 Å². The Morgan fingerprint density at radius 2 is 0.607 bits per heavy atom. The van der Waals surface area contributed by atoms with E-state index in [0.29, 0.717) is 0 Å². The molecule has 28 heavy (non-hydrogen) atoms. The van der Waals surface area contributed by atoms with Gasteiger partial charge in [-0.05, 0) is 0 Å². The SMILES string of the molecule is CC[O-].CC[O-].CC[O-].[CH2-]CCCCCCCCCCCCCCCCC.[Ti+4]. The smallest absolute Gasteiger partial charge is 0.855 e. The van der Waals surface area contributed by atoms with E-state index in [-0.39, 0.29) is 41.5 Å². The maximum absolute atomic E-state index is 8.93. The summed E-state index contributed by atoms with van der Waals surface area (Å²) >= 11 is 0. The summed E-state index contributed by atoms with van der Waals surface area (Å²) in [6.07, 6.45) is 22.8. The molecule has 3 nitrogen and oxygen atoms in total. The van der Waals surface area contributed by atoms with Crippen LogP contribution >= 0.6 is 0 Å². The van der Waals surface area contributed by atoms with Crippen LogP contribution in [0.5, 0.6) is 0 Å². The number of hydrogen-bond acceptors (Lipinski definition) is 3. The molecule has 0 saturated carbocycles. The van der Waals surface area contributed by atoms with Crippen molar-refractivity contribution in [2.24, 2.45) is 0 Å². The zero-order valence-electron chi connectivity index (χ0n) is 19.9. The van der Waals surface area contributed by atoms with Gasteiger partial charge in [-0.1, -0.05) is 124 Å². The Bertz CT molecular complexity index is 160. The van der Waals surface area contributed by atoms with Crippen LogP contribution in [0.2, 0.25) is 0 Å². The molecule has 0 saturated heterocycles. The van der Waals surface area contributed by atoms with Crippen molar-refractivity contribution < 1.29 is 37.0 Å². The summed E-state index contributed by atoms with van der Waals surface area (Å²) in [6.45, 7) is 10.9.